The average molecular weight is 500 g/mol. The minimum absolute atomic E-state index is 0.00964. The maximum Gasteiger partial charge on any atom is 0.405 e. The topological polar surface area (TPSA) is 131 Å². The van der Waals surface area contributed by atoms with Crippen molar-refractivity contribution < 1.29 is 27.8 Å². The predicted octanol–water partition coefficient (Wildman–Crippen LogP) is 3.81. The highest BCUT2D eigenvalue weighted by Crippen LogP contribution is 2.41. The molecule has 1 aliphatic carbocycles. The highest BCUT2D eigenvalue weighted by atomic mass is 19.3. The van der Waals surface area contributed by atoms with Gasteiger partial charge in [-0.1, -0.05) is 12.1 Å². The number of anilines is 1. The Morgan fingerprint density at radius 3 is 2.75 bits per heavy atom. The van der Waals surface area contributed by atoms with E-state index in [1.165, 1.54) is 24.4 Å². The lowest BCUT2D eigenvalue weighted by atomic mass is 9.97. The zero-order chi connectivity index (χ0) is 26.0. The summed E-state index contributed by atoms with van der Waals surface area (Å²) in [5, 5.41) is 12.9. The molecular weight excluding hydrogens is 472 g/mol. The third kappa shape index (κ3) is 5.48. The van der Waals surface area contributed by atoms with Crippen molar-refractivity contribution in [2.45, 2.75) is 51.4 Å². The first-order chi connectivity index (χ1) is 17.1. The molecule has 190 valence electrons. The molecule has 1 aromatic carbocycles. The van der Waals surface area contributed by atoms with Crippen molar-refractivity contribution in [3.63, 3.8) is 0 Å². The van der Waals surface area contributed by atoms with Gasteiger partial charge >= 0.3 is 12.7 Å². The molecule has 0 radical (unpaired) electrons. The first-order valence-corrected chi connectivity index (χ1v) is 11.6. The number of primary amides is 1. The Kier molecular flexibility index (Phi) is 6.97. The van der Waals surface area contributed by atoms with Crippen LogP contribution in [0.5, 0.6) is 5.75 Å². The summed E-state index contributed by atoms with van der Waals surface area (Å²) >= 11 is 0. The lowest BCUT2D eigenvalue weighted by Gasteiger charge is -2.28. The highest BCUT2D eigenvalue weighted by Gasteiger charge is 2.40. The number of hydrogen-bond donors (Lipinski definition) is 2. The number of hydrogen-bond acceptors (Lipinski definition) is 7. The van der Waals surface area contributed by atoms with E-state index in [9.17, 15) is 23.6 Å². The fraction of sp³-hybridized carbons (Fsp3) is 0.440. The smallest absolute Gasteiger partial charge is 0.405 e. The first-order valence-electron chi connectivity index (χ1n) is 11.6. The monoisotopic (exact) mass is 499 g/mol. The number of halogens is 2. The zero-order valence-corrected chi connectivity index (χ0v) is 20.0. The van der Waals surface area contributed by atoms with E-state index in [0.717, 1.165) is 12.8 Å². The van der Waals surface area contributed by atoms with Crippen molar-refractivity contribution in [2.75, 3.05) is 18.0 Å². The quantitative estimate of drug-likeness (QED) is 0.565. The van der Waals surface area contributed by atoms with Crippen molar-refractivity contribution in [3.8, 4) is 22.9 Å². The van der Waals surface area contributed by atoms with Crippen molar-refractivity contribution >= 4 is 17.7 Å². The van der Waals surface area contributed by atoms with Gasteiger partial charge in [-0.05, 0) is 50.3 Å². The molecule has 11 heteroatoms. The van der Waals surface area contributed by atoms with E-state index in [1.54, 1.807) is 13.0 Å². The van der Waals surface area contributed by atoms with Gasteiger partial charge in [0.15, 0.2) is 0 Å². The number of nitriles is 1. The fourth-order valence-corrected chi connectivity index (χ4v) is 4.63. The Bertz CT molecular complexity index is 1210. The molecule has 3 N–H and O–H groups in total. The molecule has 2 amide bonds. The van der Waals surface area contributed by atoms with Gasteiger partial charge in [0.2, 0.25) is 0 Å². The SMILES string of the molecule is CC(NC(=O)c1cnc(C#N)c(-c2cccc(OC(F)F)c2)c1N1CC[C@](C)(OC(N)=O)C1)C1CC1. The molecular formula is C25H27F2N5O4. The van der Waals surface area contributed by atoms with Crippen molar-refractivity contribution in [1.29, 1.82) is 5.26 Å². The molecule has 2 fully saturated rings. The maximum atomic E-state index is 13.4. The van der Waals surface area contributed by atoms with E-state index in [2.05, 4.69) is 15.0 Å². The number of pyridine rings is 1. The van der Waals surface area contributed by atoms with Crippen LogP contribution in [-0.2, 0) is 4.74 Å². The minimum Gasteiger partial charge on any atom is -0.441 e. The highest BCUT2D eigenvalue weighted by molar-refractivity contribution is 6.04. The Labute approximate surface area is 207 Å². The number of rotatable bonds is 8. The van der Waals surface area contributed by atoms with Gasteiger partial charge in [0, 0.05) is 30.8 Å². The Hall–Kier alpha value is -3.94. The van der Waals surface area contributed by atoms with Gasteiger partial charge in [0.25, 0.3) is 5.91 Å². The van der Waals surface area contributed by atoms with Crippen LogP contribution in [0.1, 0.15) is 49.2 Å². The summed E-state index contributed by atoms with van der Waals surface area (Å²) in [6.07, 6.45) is 2.93. The maximum absolute atomic E-state index is 13.4. The number of alkyl halides is 2. The molecule has 1 aromatic heterocycles. The first kappa shape index (κ1) is 25.2. The fourth-order valence-electron chi connectivity index (χ4n) is 4.63. The van der Waals surface area contributed by atoms with Gasteiger partial charge < -0.3 is 25.4 Å². The number of amides is 2. The summed E-state index contributed by atoms with van der Waals surface area (Å²) in [6, 6.07) is 7.89. The van der Waals surface area contributed by atoms with E-state index in [4.69, 9.17) is 10.5 Å². The molecule has 2 aromatic rings. The van der Waals surface area contributed by atoms with E-state index >= 15 is 0 Å². The molecule has 36 heavy (non-hydrogen) atoms. The summed E-state index contributed by atoms with van der Waals surface area (Å²) < 4.78 is 35.6. The molecule has 2 aliphatic rings. The van der Waals surface area contributed by atoms with Crippen LogP contribution in [-0.4, -0.2) is 48.3 Å². The predicted molar refractivity (Wildman–Crippen MR) is 127 cm³/mol. The van der Waals surface area contributed by atoms with Crippen LogP contribution in [0.2, 0.25) is 0 Å². The van der Waals surface area contributed by atoms with Gasteiger partial charge in [-0.3, -0.25) is 4.79 Å². The normalized spacial score (nSPS) is 20.1. The van der Waals surface area contributed by atoms with Gasteiger partial charge in [-0.15, -0.1) is 0 Å². The largest absolute Gasteiger partial charge is 0.441 e. The molecule has 0 spiro atoms. The molecule has 4 rings (SSSR count). The number of nitrogens with zero attached hydrogens (tertiary/aromatic N) is 3. The van der Waals surface area contributed by atoms with Crippen molar-refractivity contribution in [2.24, 2.45) is 11.7 Å². The summed E-state index contributed by atoms with van der Waals surface area (Å²) in [6.45, 7) is 1.22. The van der Waals surface area contributed by atoms with Crippen LogP contribution in [0, 0.1) is 17.2 Å². The Morgan fingerprint density at radius 1 is 1.36 bits per heavy atom. The molecule has 2 atom stereocenters. The second-order valence-electron chi connectivity index (χ2n) is 9.40. The van der Waals surface area contributed by atoms with E-state index in [-0.39, 0.29) is 35.5 Å². The number of benzene rings is 1. The average Bonchev–Trinajstić information content (AvgIpc) is 3.60. The van der Waals surface area contributed by atoms with Crippen LogP contribution in [0.3, 0.4) is 0 Å². The Balaban J connectivity index is 1.84. The Morgan fingerprint density at radius 2 is 2.11 bits per heavy atom. The van der Waals surface area contributed by atoms with Crippen LogP contribution >= 0.6 is 0 Å². The second-order valence-corrected chi connectivity index (χ2v) is 9.40. The number of aromatic nitrogens is 1. The van der Waals surface area contributed by atoms with Gasteiger partial charge in [0.1, 0.15) is 23.1 Å². The zero-order valence-electron chi connectivity index (χ0n) is 20.0. The molecule has 2 heterocycles. The van der Waals surface area contributed by atoms with Crippen LogP contribution in [0.4, 0.5) is 19.3 Å². The summed E-state index contributed by atoms with van der Waals surface area (Å²) in [7, 11) is 0. The van der Waals surface area contributed by atoms with Crippen LogP contribution in [0.15, 0.2) is 30.5 Å². The standard InChI is InChI=1S/C25H27F2N5O4/c1-14(15-6-7-15)31-22(33)18-12-30-19(11-28)20(16-4-3-5-17(10-16)35-23(26)27)21(18)32-9-8-25(2,13-32)36-24(29)34/h3-5,10,12,14-15,23H,6-9,13H2,1-2H3,(H2,29,34)(H,31,33)/t14?,25-/m0/s1. The van der Waals surface area contributed by atoms with Gasteiger partial charge in [0.05, 0.1) is 17.8 Å². The minimum atomic E-state index is -3.03. The van der Waals surface area contributed by atoms with Crippen LogP contribution < -0.4 is 20.7 Å². The molecule has 0 bridgehead atoms. The van der Waals surface area contributed by atoms with E-state index in [1.807, 2.05) is 17.9 Å². The molecule has 1 unspecified atom stereocenters. The lowest BCUT2D eigenvalue weighted by molar-refractivity contribution is -0.0498. The summed E-state index contributed by atoms with van der Waals surface area (Å²) in [5.41, 5.74) is 5.64. The summed E-state index contributed by atoms with van der Waals surface area (Å²) in [4.78, 5) is 30.9. The third-order valence-electron chi connectivity index (χ3n) is 6.54. The van der Waals surface area contributed by atoms with E-state index < -0.39 is 18.3 Å². The van der Waals surface area contributed by atoms with Crippen molar-refractivity contribution in [3.05, 3.63) is 41.7 Å². The molecule has 1 saturated heterocycles. The third-order valence-corrected chi connectivity index (χ3v) is 6.54. The van der Waals surface area contributed by atoms with Crippen molar-refractivity contribution in [1.82, 2.24) is 10.3 Å². The molecule has 1 saturated carbocycles. The molecule has 9 nitrogen and oxygen atoms in total. The second kappa shape index (κ2) is 9.97. The number of ether oxygens (including phenoxy) is 2. The molecule has 1 aliphatic heterocycles. The number of nitrogens with one attached hydrogen (secondary N) is 1. The van der Waals surface area contributed by atoms with Gasteiger partial charge in [-0.2, -0.15) is 14.0 Å². The number of carbonyl (C=O) groups excluding carboxylic acids is 2. The number of nitrogens with two attached hydrogens (primary N) is 1. The van der Waals surface area contributed by atoms with E-state index in [0.29, 0.717) is 35.7 Å². The van der Waals surface area contributed by atoms with Gasteiger partial charge in [-0.25, -0.2) is 9.78 Å². The van der Waals surface area contributed by atoms with Crippen LogP contribution in [0.25, 0.3) is 11.1 Å². The summed E-state index contributed by atoms with van der Waals surface area (Å²) in [5.74, 6) is -0.0599. The number of carbonyl (C=O) groups is 2. The lowest BCUT2D eigenvalue weighted by Crippen LogP contribution is -2.39.